The van der Waals surface area contributed by atoms with E-state index in [1.807, 2.05) is 25.1 Å². The molecule has 5 heteroatoms. The molecule has 0 saturated carbocycles. The van der Waals surface area contributed by atoms with Gasteiger partial charge in [-0.25, -0.2) is 0 Å². The summed E-state index contributed by atoms with van der Waals surface area (Å²) in [6, 6.07) is 12.7. The van der Waals surface area contributed by atoms with Gasteiger partial charge in [-0.2, -0.15) is 0 Å². The summed E-state index contributed by atoms with van der Waals surface area (Å²) in [7, 11) is 0. The molecule has 2 aromatic carbocycles. The summed E-state index contributed by atoms with van der Waals surface area (Å²) in [5, 5.41) is 3.49. The molecule has 2 rings (SSSR count). The van der Waals surface area contributed by atoms with Crippen LogP contribution in [0.2, 0.25) is 5.02 Å². The summed E-state index contributed by atoms with van der Waals surface area (Å²) < 4.78 is 6.18. The summed E-state index contributed by atoms with van der Waals surface area (Å²) in [6.07, 6.45) is 0. The maximum Gasteiger partial charge on any atom is 0.251 e. The molecule has 1 N–H and O–H groups in total. The fraction of sp³-hybridized carbons (Fsp3) is 0.188. The highest BCUT2D eigenvalue weighted by atomic mass is 79.9. The zero-order chi connectivity index (χ0) is 15.2. The Kier molecular flexibility index (Phi) is 5.65. The molecule has 0 unspecified atom stereocenters. The van der Waals surface area contributed by atoms with E-state index in [2.05, 4.69) is 21.2 Å². The second-order valence-electron chi connectivity index (χ2n) is 4.35. The number of hydrogen-bond donors (Lipinski definition) is 1. The molecule has 0 saturated heterocycles. The molecule has 0 bridgehead atoms. The number of rotatable bonds is 5. The maximum absolute atomic E-state index is 12.1. The number of carbonyl (C=O) groups excluding carboxylic acids is 1. The predicted octanol–water partition coefficient (Wildman–Crippen LogP) is 4.43. The number of ether oxygens (including phenoxy) is 1. The Bertz CT molecular complexity index is 646. The molecule has 0 aromatic heterocycles. The van der Waals surface area contributed by atoms with Gasteiger partial charge >= 0.3 is 0 Å². The van der Waals surface area contributed by atoms with Gasteiger partial charge in [0.15, 0.2) is 0 Å². The van der Waals surface area contributed by atoms with Crippen molar-refractivity contribution >= 4 is 33.4 Å². The van der Waals surface area contributed by atoms with E-state index in [0.717, 1.165) is 15.8 Å². The molecule has 1 amide bonds. The van der Waals surface area contributed by atoms with E-state index >= 15 is 0 Å². The van der Waals surface area contributed by atoms with E-state index in [4.69, 9.17) is 16.3 Å². The third-order valence-electron chi connectivity index (χ3n) is 2.89. The highest BCUT2D eigenvalue weighted by Gasteiger charge is 2.09. The van der Waals surface area contributed by atoms with Gasteiger partial charge in [0.05, 0.1) is 11.1 Å². The minimum absolute atomic E-state index is 0.154. The summed E-state index contributed by atoms with van der Waals surface area (Å²) in [4.78, 5) is 12.1. The minimum atomic E-state index is -0.154. The van der Waals surface area contributed by atoms with Crippen molar-refractivity contribution in [2.45, 2.75) is 13.5 Å². The monoisotopic (exact) mass is 367 g/mol. The zero-order valence-corrected chi connectivity index (χ0v) is 13.9. The van der Waals surface area contributed by atoms with E-state index in [-0.39, 0.29) is 5.91 Å². The standard InChI is InChI=1S/C16H15BrClNO2/c1-2-21-15-8-7-11(9-13(15)17)16(20)19-10-12-5-3-4-6-14(12)18/h3-9H,2,10H2,1H3,(H,19,20). The van der Waals surface area contributed by atoms with Crippen LogP contribution >= 0.6 is 27.5 Å². The van der Waals surface area contributed by atoms with Gasteiger partial charge in [-0.3, -0.25) is 4.79 Å². The molecule has 0 aliphatic rings. The Balaban J connectivity index is 2.04. The number of amides is 1. The lowest BCUT2D eigenvalue weighted by Gasteiger charge is -2.09. The van der Waals surface area contributed by atoms with Gasteiger partial charge in [-0.15, -0.1) is 0 Å². The lowest BCUT2D eigenvalue weighted by atomic mass is 10.2. The molecule has 0 heterocycles. The Morgan fingerprint density at radius 2 is 2.05 bits per heavy atom. The summed E-state index contributed by atoms with van der Waals surface area (Å²) in [6.45, 7) is 2.89. The molecule has 110 valence electrons. The molecule has 0 radical (unpaired) electrons. The number of hydrogen-bond acceptors (Lipinski definition) is 2. The highest BCUT2D eigenvalue weighted by Crippen LogP contribution is 2.26. The normalized spacial score (nSPS) is 10.2. The summed E-state index contributed by atoms with van der Waals surface area (Å²) >= 11 is 9.46. The van der Waals surface area contributed by atoms with Gasteiger partial charge in [0.1, 0.15) is 5.75 Å². The first-order valence-corrected chi connectivity index (χ1v) is 7.73. The van der Waals surface area contributed by atoms with Crippen molar-refractivity contribution in [3.05, 3.63) is 63.1 Å². The van der Waals surface area contributed by atoms with Crippen LogP contribution in [0.5, 0.6) is 5.75 Å². The average Bonchev–Trinajstić information content (AvgIpc) is 2.48. The van der Waals surface area contributed by atoms with E-state index in [1.54, 1.807) is 24.3 Å². The Morgan fingerprint density at radius 3 is 2.71 bits per heavy atom. The Morgan fingerprint density at radius 1 is 1.29 bits per heavy atom. The molecule has 2 aromatic rings. The van der Waals surface area contributed by atoms with Crippen molar-refractivity contribution in [2.24, 2.45) is 0 Å². The van der Waals surface area contributed by atoms with Gasteiger partial charge in [0, 0.05) is 17.1 Å². The van der Waals surface area contributed by atoms with E-state index < -0.39 is 0 Å². The number of benzene rings is 2. The molecule has 0 aliphatic heterocycles. The first-order valence-electron chi connectivity index (χ1n) is 6.55. The third kappa shape index (κ3) is 4.22. The smallest absolute Gasteiger partial charge is 0.251 e. The Labute approximate surface area is 137 Å². The van der Waals surface area contributed by atoms with E-state index in [0.29, 0.717) is 23.7 Å². The van der Waals surface area contributed by atoms with Crippen LogP contribution in [0, 0.1) is 0 Å². The van der Waals surface area contributed by atoms with E-state index in [1.165, 1.54) is 0 Å². The van der Waals surface area contributed by atoms with E-state index in [9.17, 15) is 4.79 Å². The summed E-state index contributed by atoms with van der Waals surface area (Å²) in [5.41, 5.74) is 1.45. The molecule has 0 spiro atoms. The van der Waals surface area contributed by atoms with Crippen LogP contribution in [-0.2, 0) is 6.54 Å². The molecule has 3 nitrogen and oxygen atoms in total. The SMILES string of the molecule is CCOc1ccc(C(=O)NCc2ccccc2Cl)cc1Br. The van der Waals surface area contributed by atoms with Crippen LogP contribution in [0.15, 0.2) is 46.9 Å². The van der Waals surface area contributed by atoms with Crippen LogP contribution in [-0.4, -0.2) is 12.5 Å². The van der Waals surface area contributed by atoms with Crippen LogP contribution in [0.1, 0.15) is 22.8 Å². The molecular weight excluding hydrogens is 354 g/mol. The molecule has 0 fully saturated rings. The zero-order valence-electron chi connectivity index (χ0n) is 11.5. The highest BCUT2D eigenvalue weighted by molar-refractivity contribution is 9.10. The fourth-order valence-electron chi connectivity index (χ4n) is 1.83. The van der Waals surface area contributed by atoms with Crippen LogP contribution in [0.4, 0.5) is 0 Å². The number of nitrogens with one attached hydrogen (secondary N) is 1. The second kappa shape index (κ2) is 7.48. The quantitative estimate of drug-likeness (QED) is 0.848. The predicted molar refractivity (Wildman–Crippen MR) is 87.9 cm³/mol. The number of carbonyl (C=O) groups is 1. The average molecular weight is 369 g/mol. The van der Waals surface area contributed by atoms with Gasteiger partial charge in [0.2, 0.25) is 0 Å². The summed E-state index contributed by atoms with van der Waals surface area (Å²) in [5.74, 6) is 0.568. The molecule has 0 aliphatic carbocycles. The molecule has 21 heavy (non-hydrogen) atoms. The van der Waals surface area contributed by atoms with Crippen LogP contribution in [0.3, 0.4) is 0 Å². The minimum Gasteiger partial charge on any atom is -0.493 e. The van der Waals surface area contributed by atoms with Gasteiger partial charge in [0.25, 0.3) is 5.91 Å². The van der Waals surface area contributed by atoms with Crippen molar-refractivity contribution in [2.75, 3.05) is 6.61 Å². The van der Waals surface area contributed by atoms with Crippen LogP contribution < -0.4 is 10.1 Å². The first kappa shape index (κ1) is 15.9. The van der Waals surface area contributed by atoms with Gasteiger partial charge in [-0.05, 0) is 52.7 Å². The van der Waals surface area contributed by atoms with Gasteiger partial charge in [-0.1, -0.05) is 29.8 Å². The largest absolute Gasteiger partial charge is 0.493 e. The third-order valence-corrected chi connectivity index (χ3v) is 3.88. The maximum atomic E-state index is 12.1. The van der Waals surface area contributed by atoms with Crippen molar-refractivity contribution in [1.29, 1.82) is 0 Å². The molecule has 0 atom stereocenters. The van der Waals surface area contributed by atoms with Gasteiger partial charge < -0.3 is 10.1 Å². The van der Waals surface area contributed by atoms with Crippen molar-refractivity contribution in [1.82, 2.24) is 5.32 Å². The Hall–Kier alpha value is -1.52. The lowest BCUT2D eigenvalue weighted by Crippen LogP contribution is -2.22. The van der Waals surface area contributed by atoms with Crippen molar-refractivity contribution in [3.8, 4) is 5.75 Å². The second-order valence-corrected chi connectivity index (χ2v) is 5.61. The fourth-order valence-corrected chi connectivity index (χ4v) is 2.53. The lowest BCUT2D eigenvalue weighted by molar-refractivity contribution is 0.0951. The topological polar surface area (TPSA) is 38.3 Å². The number of halogens is 2. The first-order chi connectivity index (χ1) is 10.1. The van der Waals surface area contributed by atoms with Crippen molar-refractivity contribution < 1.29 is 9.53 Å². The molecular formula is C16H15BrClNO2. The van der Waals surface area contributed by atoms with Crippen molar-refractivity contribution in [3.63, 3.8) is 0 Å². The van der Waals surface area contributed by atoms with Crippen LogP contribution in [0.25, 0.3) is 0 Å².